The largest absolute Gasteiger partial charge is 0.496 e. The predicted octanol–water partition coefficient (Wildman–Crippen LogP) is 2.24. The molecule has 1 atom stereocenters. The number of ether oxygens (including phenoxy) is 1. The number of nitrogens with zero attached hydrogens (tertiary/aromatic N) is 2. The van der Waals surface area contributed by atoms with Gasteiger partial charge >= 0.3 is 0 Å². The van der Waals surface area contributed by atoms with Crippen molar-refractivity contribution in [2.24, 2.45) is 0 Å². The predicted molar refractivity (Wildman–Crippen MR) is 89.5 cm³/mol. The van der Waals surface area contributed by atoms with E-state index in [1.807, 2.05) is 0 Å². The minimum atomic E-state index is -0.522. The van der Waals surface area contributed by atoms with Gasteiger partial charge in [0.05, 0.1) is 17.6 Å². The van der Waals surface area contributed by atoms with E-state index < -0.39 is 4.92 Å². The first-order chi connectivity index (χ1) is 10.6. The van der Waals surface area contributed by atoms with Crippen molar-refractivity contribution in [2.75, 3.05) is 26.7 Å². The standard InChI is InChI=1S/C15H21N3O4.ClH/c1-3-17-8-4-5-12(17)10-16-15(19)13-9-11(18(20)21)6-7-14(13)22-2;/h6-7,9,12H,3-5,8,10H2,1-2H3,(H,16,19);1H. The number of carbonyl (C=O) groups excluding carboxylic acids is 1. The third-order valence-corrected chi connectivity index (χ3v) is 4.04. The zero-order valence-electron chi connectivity index (χ0n) is 13.3. The van der Waals surface area contributed by atoms with Gasteiger partial charge in [-0.1, -0.05) is 6.92 Å². The molecule has 1 saturated heterocycles. The number of likely N-dealkylation sites (N-methyl/N-ethyl adjacent to an activating group) is 1. The van der Waals surface area contributed by atoms with E-state index in [4.69, 9.17) is 4.74 Å². The van der Waals surface area contributed by atoms with Crippen molar-refractivity contribution in [3.8, 4) is 5.75 Å². The molecule has 1 amide bonds. The lowest BCUT2D eigenvalue weighted by Crippen LogP contribution is -2.40. The van der Waals surface area contributed by atoms with Gasteiger partial charge < -0.3 is 10.1 Å². The Labute approximate surface area is 141 Å². The molecule has 0 aromatic heterocycles. The van der Waals surface area contributed by atoms with E-state index in [-0.39, 0.29) is 29.6 Å². The van der Waals surface area contributed by atoms with Crippen molar-refractivity contribution >= 4 is 24.0 Å². The average Bonchev–Trinajstić information content (AvgIpc) is 2.99. The summed E-state index contributed by atoms with van der Waals surface area (Å²) >= 11 is 0. The van der Waals surface area contributed by atoms with Crippen molar-refractivity contribution in [3.05, 3.63) is 33.9 Å². The van der Waals surface area contributed by atoms with Crippen LogP contribution in [0.1, 0.15) is 30.1 Å². The number of nitro groups is 1. The number of nitrogens with one attached hydrogen (secondary N) is 1. The van der Waals surface area contributed by atoms with Crippen molar-refractivity contribution in [2.45, 2.75) is 25.8 Å². The normalized spacial score (nSPS) is 17.4. The number of carbonyl (C=O) groups is 1. The summed E-state index contributed by atoms with van der Waals surface area (Å²) in [4.78, 5) is 25.0. The second-order valence-corrected chi connectivity index (χ2v) is 5.28. The molecular weight excluding hydrogens is 322 g/mol. The van der Waals surface area contributed by atoms with E-state index in [2.05, 4.69) is 17.1 Å². The molecule has 1 N–H and O–H groups in total. The molecule has 7 nitrogen and oxygen atoms in total. The Morgan fingerprint density at radius 1 is 1.52 bits per heavy atom. The van der Waals surface area contributed by atoms with Gasteiger partial charge in [0.1, 0.15) is 5.75 Å². The minimum absolute atomic E-state index is 0. The van der Waals surface area contributed by atoms with Crippen molar-refractivity contribution < 1.29 is 14.5 Å². The van der Waals surface area contributed by atoms with Crippen LogP contribution in [-0.4, -0.2) is 48.5 Å². The van der Waals surface area contributed by atoms with E-state index in [0.717, 1.165) is 25.9 Å². The fraction of sp³-hybridized carbons (Fsp3) is 0.533. The fourth-order valence-electron chi connectivity index (χ4n) is 2.84. The number of likely N-dealkylation sites (tertiary alicyclic amines) is 1. The fourth-order valence-corrected chi connectivity index (χ4v) is 2.84. The van der Waals surface area contributed by atoms with Gasteiger partial charge in [0.15, 0.2) is 0 Å². The van der Waals surface area contributed by atoms with Crippen LogP contribution in [0.25, 0.3) is 0 Å². The average molecular weight is 344 g/mol. The smallest absolute Gasteiger partial charge is 0.270 e. The third-order valence-electron chi connectivity index (χ3n) is 4.04. The van der Waals surface area contributed by atoms with Gasteiger partial charge in [0, 0.05) is 24.7 Å². The lowest BCUT2D eigenvalue weighted by Gasteiger charge is -2.23. The molecule has 23 heavy (non-hydrogen) atoms. The van der Waals surface area contributed by atoms with E-state index in [1.165, 1.54) is 25.3 Å². The Kier molecular flexibility index (Phi) is 7.25. The van der Waals surface area contributed by atoms with E-state index in [0.29, 0.717) is 18.3 Å². The van der Waals surface area contributed by atoms with E-state index >= 15 is 0 Å². The van der Waals surface area contributed by atoms with Crippen LogP contribution in [0.3, 0.4) is 0 Å². The maximum atomic E-state index is 12.3. The number of amides is 1. The molecule has 1 aliphatic heterocycles. The Balaban J connectivity index is 0.00000264. The number of nitro benzene ring substituents is 1. The number of benzene rings is 1. The molecule has 0 radical (unpaired) electrons. The molecule has 8 heteroatoms. The molecule has 1 aromatic rings. The first-order valence-electron chi connectivity index (χ1n) is 7.41. The number of halogens is 1. The molecule has 1 aliphatic rings. The molecule has 0 aliphatic carbocycles. The van der Waals surface area contributed by atoms with Gasteiger partial charge in [0.25, 0.3) is 11.6 Å². The molecule has 1 heterocycles. The Morgan fingerprint density at radius 2 is 2.26 bits per heavy atom. The summed E-state index contributed by atoms with van der Waals surface area (Å²) in [5.41, 5.74) is 0.0692. The highest BCUT2D eigenvalue weighted by Crippen LogP contribution is 2.24. The van der Waals surface area contributed by atoms with Crippen LogP contribution < -0.4 is 10.1 Å². The van der Waals surface area contributed by atoms with Crippen LogP contribution in [0.5, 0.6) is 5.75 Å². The molecule has 128 valence electrons. The highest BCUT2D eigenvalue weighted by molar-refractivity contribution is 5.97. The summed E-state index contributed by atoms with van der Waals surface area (Å²) in [6, 6.07) is 4.35. The summed E-state index contributed by atoms with van der Waals surface area (Å²) in [6.07, 6.45) is 2.19. The van der Waals surface area contributed by atoms with Gasteiger partial charge in [0.2, 0.25) is 0 Å². The first kappa shape index (κ1) is 19.2. The van der Waals surface area contributed by atoms with Gasteiger partial charge in [-0.3, -0.25) is 19.8 Å². The number of non-ortho nitro benzene ring substituents is 1. The van der Waals surface area contributed by atoms with Gasteiger partial charge in [-0.05, 0) is 32.0 Å². The number of methoxy groups -OCH3 is 1. The summed E-state index contributed by atoms with van der Waals surface area (Å²) < 4.78 is 5.12. The molecule has 1 fully saturated rings. The number of rotatable bonds is 6. The molecule has 1 aromatic carbocycles. The molecule has 0 spiro atoms. The molecule has 2 rings (SSSR count). The van der Waals surface area contributed by atoms with Crippen LogP contribution in [0.15, 0.2) is 18.2 Å². The number of hydrogen-bond donors (Lipinski definition) is 1. The topological polar surface area (TPSA) is 84.7 Å². The quantitative estimate of drug-likeness (QED) is 0.632. The van der Waals surface area contributed by atoms with Gasteiger partial charge in [-0.25, -0.2) is 0 Å². The van der Waals surface area contributed by atoms with Crippen molar-refractivity contribution in [3.63, 3.8) is 0 Å². The zero-order chi connectivity index (χ0) is 16.1. The zero-order valence-corrected chi connectivity index (χ0v) is 14.1. The third kappa shape index (κ3) is 4.56. The molecular formula is C15H22ClN3O4. The summed E-state index contributed by atoms with van der Waals surface area (Å²) in [5.74, 6) is -0.00891. The number of hydrogen-bond acceptors (Lipinski definition) is 5. The van der Waals surface area contributed by atoms with Crippen LogP contribution in [0, 0.1) is 10.1 Å². The molecule has 1 unspecified atom stereocenters. The SMILES string of the molecule is CCN1CCCC1CNC(=O)c1cc([N+](=O)[O-])ccc1OC.Cl. The van der Waals surface area contributed by atoms with E-state index in [9.17, 15) is 14.9 Å². The van der Waals surface area contributed by atoms with Crippen LogP contribution in [0.2, 0.25) is 0 Å². The first-order valence-corrected chi connectivity index (χ1v) is 7.41. The monoisotopic (exact) mass is 343 g/mol. The maximum absolute atomic E-state index is 12.3. The summed E-state index contributed by atoms with van der Waals surface area (Å²) in [5, 5.41) is 13.7. The van der Waals surface area contributed by atoms with Crippen molar-refractivity contribution in [1.29, 1.82) is 0 Å². The second kappa shape index (κ2) is 8.69. The lowest BCUT2D eigenvalue weighted by atomic mass is 10.1. The minimum Gasteiger partial charge on any atom is -0.496 e. The molecule has 0 bridgehead atoms. The Bertz CT molecular complexity index is 568. The van der Waals surface area contributed by atoms with Gasteiger partial charge in [-0.2, -0.15) is 0 Å². The Morgan fingerprint density at radius 3 is 2.87 bits per heavy atom. The summed E-state index contributed by atoms with van der Waals surface area (Å²) in [7, 11) is 1.44. The van der Waals surface area contributed by atoms with Crippen LogP contribution in [-0.2, 0) is 0 Å². The highest BCUT2D eigenvalue weighted by atomic mass is 35.5. The second-order valence-electron chi connectivity index (χ2n) is 5.28. The van der Waals surface area contributed by atoms with Crippen molar-refractivity contribution in [1.82, 2.24) is 10.2 Å². The molecule has 0 saturated carbocycles. The highest BCUT2D eigenvalue weighted by Gasteiger charge is 2.24. The summed E-state index contributed by atoms with van der Waals surface area (Å²) in [6.45, 7) is 4.65. The van der Waals surface area contributed by atoms with Crippen LogP contribution >= 0.6 is 12.4 Å². The lowest BCUT2D eigenvalue weighted by molar-refractivity contribution is -0.384. The Hall–Kier alpha value is -1.86. The van der Waals surface area contributed by atoms with Crippen LogP contribution in [0.4, 0.5) is 5.69 Å². The maximum Gasteiger partial charge on any atom is 0.270 e. The van der Waals surface area contributed by atoms with Gasteiger partial charge in [-0.15, -0.1) is 12.4 Å². The van der Waals surface area contributed by atoms with E-state index in [1.54, 1.807) is 0 Å².